The average Bonchev–Trinajstić information content (AvgIpc) is 2.85. The van der Waals surface area contributed by atoms with Crippen molar-refractivity contribution >= 4 is 5.91 Å². The lowest BCUT2D eigenvalue weighted by atomic mass is 10.1. The Morgan fingerprint density at radius 1 is 0.969 bits per heavy atom. The summed E-state index contributed by atoms with van der Waals surface area (Å²) in [4.78, 5) is 21.9. The maximum absolute atomic E-state index is 13.5. The van der Waals surface area contributed by atoms with Gasteiger partial charge in [0.05, 0.1) is 13.2 Å². The molecule has 1 aliphatic heterocycles. The van der Waals surface area contributed by atoms with Crippen LogP contribution in [-0.4, -0.2) is 60.1 Å². The second-order valence-corrected chi connectivity index (χ2v) is 7.83. The van der Waals surface area contributed by atoms with Crippen LogP contribution in [0, 0.1) is 0 Å². The molecule has 1 aliphatic rings. The summed E-state index contributed by atoms with van der Waals surface area (Å²) >= 11 is 0. The molecule has 6 heteroatoms. The van der Waals surface area contributed by atoms with Crippen LogP contribution in [0.25, 0.3) is 0 Å². The number of benzene rings is 2. The number of carbonyl (C=O) groups excluding carboxylic acids is 1. The Kier molecular flexibility index (Phi) is 7.84. The molecule has 1 fully saturated rings. The Hall–Kier alpha value is -3.22. The molecular weight excluding hydrogens is 402 g/mol. The maximum Gasteiger partial charge on any atom is 0.254 e. The third-order valence-corrected chi connectivity index (χ3v) is 5.48. The van der Waals surface area contributed by atoms with Crippen molar-refractivity contribution in [3.63, 3.8) is 0 Å². The van der Waals surface area contributed by atoms with Crippen LogP contribution >= 0.6 is 0 Å². The van der Waals surface area contributed by atoms with Crippen LogP contribution in [0.15, 0.2) is 79.1 Å². The summed E-state index contributed by atoms with van der Waals surface area (Å²) in [5, 5.41) is 0. The molecule has 1 amide bonds. The van der Waals surface area contributed by atoms with E-state index in [1.54, 1.807) is 12.4 Å². The smallest absolute Gasteiger partial charge is 0.254 e. The lowest BCUT2D eigenvalue weighted by Gasteiger charge is -2.28. The zero-order valence-electron chi connectivity index (χ0n) is 18.2. The van der Waals surface area contributed by atoms with Crippen molar-refractivity contribution in [3.8, 4) is 11.5 Å². The second-order valence-electron chi connectivity index (χ2n) is 7.83. The van der Waals surface area contributed by atoms with Gasteiger partial charge in [0, 0.05) is 50.7 Å². The fraction of sp³-hybridized carbons (Fsp3) is 0.308. The number of hydrogen-bond acceptors (Lipinski definition) is 5. The highest BCUT2D eigenvalue weighted by molar-refractivity contribution is 5.94. The van der Waals surface area contributed by atoms with Crippen molar-refractivity contribution in [2.75, 3.05) is 39.4 Å². The zero-order chi connectivity index (χ0) is 22.0. The molecule has 0 bridgehead atoms. The van der Waals surface area contributed by atoms with E-state index in [1.165, 1.54) is 0 Å². The number of morpholine rings is 1. The van der Waals surface area contributed by atoms with Crippen molar-refractivity contribution in [1.29, 1.82) is 0 Å². The largest absolute Gasteiger partial charge is 0.457 e. The minimum absolute atomic E-state index is 0.00213. The zero-order valence-corrected chi connectivity index (χ0v) is 18.2. The summed E-state index contributed by atoms with van der Waals surface area (Å²) in [6.07, 6.45) is 4.44. The van der Waals surface area contributed by atoms with Gasteiger partial charge in [0.15, 0.2) is 0 Å². The molecule has 2 heterocycles. The number of aromatic nitrogens is 1. The second kappa shape index (κ2) is 11.4. The summed E-state index contributed by atoms with van der Waals surface area (Å²) in [6.45, 7) is 5.67. The molecule has 0 unspecified atom stereocenters. The van der Waals surface area contributed by atoms with Crippen LogP contribution < -0.4 is 4.74 Å². The van der Waals surface area contributed by atoms with E-state index < -0.39 is 0 Å². The molecule has 1 aromatic heterocycles. The highest BCUT2D eigenvalue weighted by Crippen LogP contribution is 2.23. The Bertz CT molecular complexity index is 976. The van der Waals surface area contributed by atoms with Gasteiger partial charge in [-0.05, 0) is 54.4 Å². The lowest BCUT2D eigenvalue weighted by molar-refractivity contribution is 0.0355. The number of nitrogens with zero attached hydrogens (tertiary/aromatic N) is 3. The van der Waals surface area contributed by atoms with Gasteiger partial charge in [-0.15, -0.1) is 0 Å². The molecule has 6 nitrogen and oxygen atoms in total. The van der Waals surface area contributed by atoms with Gasteiger partial charge in [0.1, 0.15) is 11.5 Å². The van der Waals surface area contributed by atoms with E-state index >= 15 is 0 Å². The molecule has 0 atom stereocenters. The van der Waals surface area contributed by atoms with Crippen LogP contribution in [0.2, 0.25) is 0 Å². The molecule has 0 aliphatic carbocycles. The summed E-state index contributed by atoms with van der Waals surface area (Å²) in [5.41, 5.74) is 1.69. The van der Waals surface area contributed by atoms with E-state index in [1.807, 2.05) is 71.6 Å². The number of hydrogen-bond donors (Lipinski definition) is 0. The molecule has 32 heavy (non-hydrogen) atoms. The van der Waals surface area contributed by atoms with Crippen molar-refractivity contribution in [2.24, 2.45) is 0 Å². The third kappa shape index (κ3) is 6.39. The van der Waals surface area contributed by atoms with Crippen molar-refractivity contribution < 1.29 is 14.3 Å². The van der Waals surface area contributed by atoms with E-state index in [0.29, 0.717) is 24.4 Å². The summed E-state index contributed by atoms with van der Waals surface area (Å²) in [5.74, 6) is 1.40. The quantitative estimate of drug-likeness (QED) is 0.507. The first-order valence-electron chi connectivity index (χ1n) is 11.1. The fourth-order valence-corrected chi connectivity index (χ4v) is 3.77. The highest BCUT2D eigenvalue weighted by Gasteiger charge is 2.18. The summed E-state index contributed by atoms with van der Waals surface area (Å²) < 4.78 is 11.4. The van der Waals surface area contributed by atoms with Gasteiger partial charge in [-0.25, -0.2) is 0 Å². The number of ether oxygens (including phenoxy) is 2. The number of amides is 1. The first-order valence-corrected chi connectivity index (χ1v) is 11.1. The fourth-order valence-electron chi connectivity index (χ4n) is 3.77. The van der Waals surface area contributed by atoms with Gasteiger partial charge in [0.25, 0.3) is 5.91 Å². The molecule has 0 spiro atoms. The Labute approximate surface area is 189 Å². The van der Waals surface area contributed by atoms with Crippen molar-refractivity contribution in [3.05, 3.63) is 90.3 Å². The lowest BCUT2D eigenvalue weighted by Crippen LogP contribution is -2.39. The Morgan fingerprint density at radius 3 is 2.50 bits per heavy atom. The summed E-state index contributed by atoms with van der Waals surface area (Å²) in [7, 11) is 0. The Balaban J connectivity index is 1.45. The van der Waals surface area contributed by atoms with E-state index in [0.717, 1.165) is 50.6 Å². The topological polar surface area (TPSA) is 54.9 Å². The van der Waals surface area contributed by atoms with Crippen LogP contribution in [0.1, 0.15) is 22.3 Å². The van der Waals surface area contributed by atoms with Crippen molar-refractivity contribution in [1.82, 2.24) is 14.8 Å². The van der Waals surface area contributed by atoms with Gasteiger partial charge >= 0.3 is 0 Å². The van der Waals surface area contributed by atoms with Gasteiger partial charge in [-0.2, -0.15) is 0 Å². The van der Waals surface area contributed by atoms with E-state index in [-0.39, 0.29) is 5.91 Å². The molecule has 1 saturated heterocycles. The molecule has 3 aromatic rings. The number of pyridine rings is 1. The SMILES string of the molecule is O=C(c1cccc(Oc2ccccc2)c1)N(CCCN1CCOCC1)Cc1ccncc1. The van der Waals surface area contributed by atoms with Crippen LogP contribution in [0.5, 0.6) is 11.5 Å². The standard InChI is InChI=1S/C26H29N3O3/c30-26(23-6-4-9-25(20-23)32-24-7-2-1-3-8-24)29(21-22-10-12-27-13-11-22)15-5-14-28-16-18-31-19-17-28/h1-4,6-13,20H,5,14-19,21H2. The molecule has 0 N–H and O–H groups in total. The average molecular weight is 432 g/mol. The number of rotatable bonds is 9. The highest BCUT2D eigenvalue weighted by atomic mass is 16.5. The van der Waals surface area contributed by atoms with Crippen LogP contribution in [0.4, 0.5) is 0 Å². The van der Waals surface area contributed by atoms with Crippen LogP contribution in [-0.2, 0) is 11.3 Å². The normalized spacial score (nSPS) is 14.1. The predicted molar refractivity (Wildman–Crippen MR) is 124 cm³/mol. The monoisotopic (exact) mass is 431 g/mol. The van der Waals surface area contributed by atoms with E-state index in [2.05, 4.69) is 9.88 Å². The first-order chi connectivity index (χ1) is 15.8. The maximum atomic E-state index is 13.5. The number of carbonyl (C=O) groups is 1. The molecule has 2 aromatic carbocycles. The molecule has 4 rings (SSSR count). The van der Waals surface area contributed by atoms with Crippen molar-refractivity contribution in [2.45, 2.75) is 13.0 Å². The van der Waals surface area contributed by atoms with Gasteiger partial charge in [0.2, 0.25) is 0 Å². The number of para-hydroxylation sites is 1. The van der Waals surface area contributed by atoms with E-state index in [4.69, 9.17) is 9.47 Å². The van der Waals surface area contributed by atoms with Gasteiger partial charge in [-0.3, -0.25) is 14.7 Å². The van der Waals surface area contributed by atoms with Crippen LogP contribution in [0.3, 0.4) is 0 Å². The molecule has 166 valence electrons. The summed E-state index contributed by atoms with van der Waals surface area (Å²) in [6, 6.07) is 20.9. The minimum Gasteiger partial charge on any atom is -0.457 e. The Morgan fingerprint density at radius 2 is 1.72 bits per heavy atom. The molecule has 0 radical (unpaired) electrons. The van der Waals surface area contributed by atoms with Gasteiger partial charge < -0.3 is 14.4 Å². The molecular formula is C26H29N3O3. The van der Waals surface area contributed by atoms with E-state index in [9.17, 15) is 4.79 Å². The molecule has 0 saturated carbocycles. The predicted octanol–water partition coefficient (Wildman–Crippen LogP) is 4.24. The first kappa shape index (κ1) is 22.0. The minimum atomic E-state index is 0.00213. The van der Waals surface area contributed by atoms with Gasteiger partial charge in [-0.1, -0.05) is 24.3 Å². The third-order valence-electron chi connectivity index (χ3n) is 5.48.